The predicted octanol–water partition coefficient (Wildman–Crippen LogP) is 3.43. The molecule has 0 saturated heterocycles. The molecule has 1 heterocycles. The third-order valence-corrected chi connectivity index (χ3v) is 4.22. The van der Waals surface area contributed by atoms with Crippen molar-refractivity contribution in [3.63, 3.8) is 0 Å². The Bertz CT molecular complexity index is 759. The Morgan fingerprint density at radius 1 is 1.09 bits per heavy atom. The van der Waals surface area contributed by atoms with E-state index in [0.717, 1.165) is 39.4 Å². The van der Waals surface area contributed by atoms with Crippen LogP contribution in [0.5, 0.6) is 11.5 Å². The van der Waals surface area contributed by atoms with Crippen molar-refractivity contribution >= 4 is 28.3 Å². The molecule has 3 rings (SSSR count). The molecule has 0 aromatic heterocycles. The van der Waals surface area contributed by atoms with Gasteiger partial charge in [-0.05, 0) is 24.3 Å². The van der Waals surface area contributed by atoms with Gasteiger partial charge in [0.1, 0.15) is 17.2 Å². The minimum atomic E-state index is 0.741. The Labute approximate surface area is 139 Å². The second-order valence-electron chi connectivity index (χ2n) is 4.78. The van der Waals surface area contributed by atoms with Gasteiger partial charge in [-0.15, -0.1) is 0 Å². The molecule has 5 nitrogen and oxygen atoms in total. The number of ether oxygens (including phenoxy) is 2. The van der Waals surface area contributed by atoms with Crippen molar-refractivity contribution in [1.82, 2.24) is 5.43 Å². The highest BCUT2D eigenvalue weighted by Gasteiger charge is 2.14. The average molecular weight is 327 g/mol. The summed E-state index contributed by atoms with van der Waals surface area (Å²) in [4.78, 5) is 4.56. The Kier molecular flexibility index (Phi) is 4.83. The fourth-order valence-electron chi connectivity index (χ4n) is 2.16. The van der Waals surface area contributed by atoms with Gasteiger partial charge in [0.05, 0.1) is 19.9 Å². The van der Waals surface area contributed by atoms with Crippen molar-refractivity contribution in [3.8, 4) is 11.5 Å². The highest BCUT2D eigenvalue weighted by atomic mass is 32.2. The molecule has 0 radical (unpaired) electrons. The summed E-state index contributed by atoms with van der Waals surface area (Å²) in [6.07, 6.45) is 0. The number of aliphatic imine (C=N–C) groups is 1. The summed E-state index contributed by atoms with van der Waals surface area (Å²) in [5, 5.41) is 5.18. The number of thioether (sulfide) groups is 1. The topological polar surface area (TPSA) is 55.2 Å². The largest absolute Gasteiger partial charge is 0.497 e. The number of hydrazone groups is 1. The van der Waals surface area contributed by atoms with Crippen molar-refractivity contribution in [2.75, 3.05) is 20.0 Å². The first-order valence-electron chi connectivity index (χ1n) is 7.11. The van der Waals surface area contributed by atoms with Crippen LogP contribution in [0.3, 0.4) is 0 Å². The molecule has 0 amide bonds. The van der Waals surface area contributed by atoms with Crippen LogP contribution >= 0.6 is 11.8 Å². The van der Waals surface area contributed by atoms with Crippen LogP contribution in [0.2, 0.25) is 0 Å². The van der Waals surface area contributed by atoms with E-state index in [-0.39, 0.29) is 0 Å². The van der Waals surface area contributed by atoms with Gasteiger partial charge in [0, 0.05) is 11.3 Å². The van der Waals surface area contributed by atoms with Gasteiger partial charge >= 0.3 is 0 Å². The van der Waals surface area contributed by atoms with Crippen LogP contribution in [0.25, 0.3) is 0 Å². The fourth-order valence-corrected chi connectivity index (χ4v) is 2.93. The summed E-state index contributed by atoms with van der Waals surface area (Å²) in [5.41, 5.74) is 5.80. The summed E-state index contributed by atoms with van der Waals surface area (Å²) in [6, 6.07) is 15.5. The summed E-state index contributed by atoms with van der Waals surface area (Å²) >= 11 is 1.61. The predicted molar refractivity (Wildman–Crippen MR) is 95.2 cm³/mol. The molecule has 1 aliphatic rings. The van der Waals surface area contributed by atoms with E-state index in [2.05, 4.69) is 15.5 Å². The first-order valence-corrected chi connectivity index (χ1v) is 8.10. The number of benzene rings is 2. The number of hydrogen-bond donors (Lipinski definition) is 1. The maximum Gasteiger partial charge on any atom is 0.182 e. The van der Waals surface area contributed by atoms with Crippen molar-refractivity contribution in [3.05, 3.63) is 54.1 Å². The normalized spacial score (nSPS) is 15.7. The van der Waals surface area contributed by atoms with Gasteiger partial charge in [0.2, 0.25) is 0 Å². The monoisotopic (exact) mass is 327 g/mol. The van der Waals surface area contributed by atoms with Gasteiger partial charge in [-0.2, -0.15) is 5.10 Å². The molecule has 2 aromatic carbocycles. The lowest BCUT2D eigenvalue weighted by atomic mass is 10.1. The molecule has 1 N–H and O–H groups in total. The van der Waals surface area contributed by atoms with Gasteiger partial charge in [0.15, 0.2) is 5.17 Å². The van der Waals surface area contributed by atoms with E-state index in [9.17, 15) is 0 Å². The molecular formula is C17H17N3O2S. The lowest BCUT2D eigenvalue weighted by Gasteiger charge is -2.15. The van der Waals surface area contributed by atoms with Gasteiger partial charge < -0.3 is 9.47 Å². The Balaban J connectivity index is 1.78. The van der Waals surface area contributed by atoms with Crippen LogP contribution in [0.4, 0.5) is 5.69 Å². The lowest BCUT2D eigenvalue weighted by Crippen LogP contribution is -2.25. The first-order chi connectivity index (χ1) is 11.3. The van der Waals surface area contributed by atoms with Crippen LogP contribution in [0, 0.1) is 0 Å². The zero-order valence-corrected chi connectivity index (χ0v) is 13.8. The SMILES string of the molecule is COc1cccc(C2=NNC(=Nc3ccccc3OC)SC2)c1. The number of para-hydroxylation sites is 2. The molecule has 0 atom stereocenters. The Hall–Kier alpha value is -2.47. The number of amidine groups is 1. The maximum absolute atomic E-state index is 5.31. The first kappa shape index (κ1) is 15.4. The molecule has 0 spiro atoms. The molecule has 6 heteroatoms. The van der Waals surface area contributed by atoms with Crippen molar-refractivity contribution in [2.45, 2.75) is 0 Å². The number of nitrogens with one attached hydrogen (secondary N) is 1. The second kappa shape index (κ2) is 7.19. The van der Waals surface area contributed by atoms with Crippen molar-refractivity contribution in [2.24, 2.45) is 10.1 Å². The number of rotatable bonds is 4. The Morgan fingerprint density at radius 2 is 1.96 bits per heavy atom. The third kappa shape index (κ3) is 3.65. The molecule has 0 unspecified atom stereocenters. The highest BCUT2D eigenvalue weighted by molar-refractivity contribution is 8.14. The van der Waals surface area contributed by atoms with E-state index >= 15 is 0 Å². The second-order valence-corrected chi connectivity index (χ2v) is 5.74. The fraction of sp³-hybridized carbons (Fsp3) is 0.176. The smallest absolute Gasteiger partial charge is 0.182 e. The maximum atomic E-state index is 5.31. The molecule has 23 heavy (non-hydrogen) atoms. The summed E-state index contributed by atoms with van der Waals surface area (Å²) < 4.78 is 10.6. The molecule has 1 aliphatic heterocycles. The summed E-state index contributed by atoms with van der Waals surface area (Å²) in [6.45, 7) is 0. The highest BCUT2D eigenvalue weighted by Crippen LogP contribution is 2.28. The van der Waals surface area contributed by atoms with Gasteiger partial charge in [-0.3, -0.25) is 5.43 Å². The van der Waals surface area contributed by atoms with E-state index < -0.39 is 0 Å². The average Bonchev–Trinajstić information content (AvgIpc) is 2.63. The molecule has 2 aromatic rings. The lowest BCUT2D eigenvalue weighted by molar-refractivity contribution is 0.414. The zero-order valence-electron chi connectivity index (χ0n) is 12.9. The van der Waals surface area contributed by atoms with Crippen molar-refractivity contribution in [1.29, 1.82) is 0 Å². The van der Waals surface area contributed by atoms with E-state index in [1.54, 1.807) is 26.0 Å². The van der Waals surface area contributed by atoms with Gasteiger partial charge in [-0.25, -0.2) is 4.99 Å². The number of nitrogens with zero attached hydrogens (tertiary/aromatic N) is 2. The molecular weight excluding hydrogens is 310 g/mol. The number of hydrogen-bond acceptors (Lipinski definition) is 5. The standard InChI is InChI=1S/C17H17N3O2S/c1-21-13-7-5-6-12(10-13)15-11-23-17(20-19-15)18-14-8-3-4-9-16(14)22-2/h3-10H,11H2,1-2H3,(H,18,20). The minimum absolute atomic E-state index is 0.741. The van der Waals surface area contributed by atoms with Crippen LogP contribution in [-0.2, 0) is 0 Å². The summed E-state index contributed by atoms with van der Waals surface area (Å²) in [5.74, 6) is 2.31. The number of methoxy groups -OCH3 is 2. The quantitative estimate of drug-likeness (QED) is 0.935. The van der Waals surface area contributed by atoms with Gasteiger partial charge in [0.25, 0.3) is 0 Å². The Morgan fingerprint density at radius 3 is 2.70 bits per heavy atom. The van der Waals surface area contributed by atoms with Crippen LogP contribution in [-0.4, -0.2) is 30.9 Å². The summed E-state index contributed by atoms with van der Waals surface area (Å²) in [7, 11) is 3.30. The molecule has 0 saturated carbocycles. The third-order valence-electron chi connectivity index (χ3n) is 3.34. The molecule has 0 fully saturated rings. The zero-order chi connectivity index (χ0) is 16.1. The van der Waals surface area contributed by atoms with E-state index in [1.807, 2.05) is 48.5 Å². The van der Waals surface area contributed by atoms with Gasteiger partial charge in [-0.1, -0.05) is 36.0 Å². The minimum Gasteiger partial charge on any atom is -0.497 e. The van der Waals surface area contributed by atoms with Crippen LogP contribution in [0.15, 0.2) is 58.6 Å². The molecule has 118 valence electrons. The van der Waals surface area contributed by atoms with E-state index in [4.69, 9.17) is 9.47 Å². The van der Waals surface area contributed by atoms with Crippen LogP contribution in [0.1, 0.15) is 5.56 Å². The van der Waals surface area contributed by atoms with Crippen LogP contribution < -0.4 is 14.9 Å². The molecule has 0 bridgehead atoms. The van der Waals surface area contributed by atoms with E-state index in [1.165, 1.54) is 0 Å². The molecule has 0 aliphatic carbocycles. The van der Waals surface area contributed by atoms with Crippen molar-refractivity contribution < 1.29 is 9.47 Å². The van der Waals surface area contributed by atoms with E-state index in [0.29, 0.717) is 0 Å².